The van der Waals surface area contributed by atoms with Gasteiger partial charge in [0.1, 0.15) is 11.7 Å². The van der Waals surface area contributed by atoms with E-state index in [9.17, 15) is 5.11 Å². The minimum atomic E-state index is -0.802. The van der Waals surface area contributed by atoms with Crippen molar-refractivity contribution < 1.29 is 14.4 Å². The fourth-order valence-electron chi connectivity index (χ4n) is 1.95. The van der Waals surface area contributed by atoms with E-state index in [0.29, 0.717) is 25.4 Å². The standard InChI is InChI=1S/C12H23N3O3/c1-4-12(5-2,17-6-3)11-14-10(18-15-11)9(16)7-8-13/h9,16H,4-8,13H2,1-3H3. The average molecular weight is 257 g/mol. The quantitative estimate of drug-likeness (QED) is 0.733. The Morgan fingerprint density at radius 1 is 1.39 bits per heavy atom. The first-order valence-corrected chi connectivity index (χ1v) is 6.49. The molecule has 1 aromatic heterocycles. The van der Waals surface area contributed by atoms with Crippen molar-refractivity contribution in [3.63, 3.8) is 0 Å². The molecule has 0 aromatic carbocycles. The van der Waals surface area contributed by atoms with Crippen LogP contribution < -0.4 is 5.73 Å². The maximum Gasteiger partial charge on any atom is 0.255 e. The van der Waals surface area contributed by atoms with Crippen LogP contribution in [-0.2, 0) is 10.3 Å². The number of nitrogens with zero attached hydrogens (tertiary/aromatic N) is 2. The summed E-state index contributed by atoms with van der Waals surface area (Å²) in [6.07, 6.45) is 1.11. The van der Waals surface area contributed by atoms with E-state index < -0.39 is 11.7 Å². The van der Waals surface area contributed by atoms with E-state index in [2.05, 4.69) is 10.1 Å². The van der Waals surface area contributed by atoms with Crippen LogP contribution in [0.25, 0.3) is 0 Å². The summed E-state index contributed by atoms with van der Waals surface area (Å²) in [4.78, 5) is 4.25. The van der Waals surface area contributed by atoms with E-state index in [4.69, 9.17) is 15.0 Å². The highest BCUT2D eigenvalue weighted by molar-refractivity contribution is 5.02. The van der Waals surface area contributed by atoms with Crippen molar-refractivity contribution in [2.45, 2.75) is 51.7 Å². The summed E-state index contributed by atoms with van der Waals surface area (Å²) >= 11 is 0. The minimum Gasteiger partial charge on any atom is -0.383 e. The molecule has 0 saturated heterocycles. The third-order valence-electron chi connectivity index (χ3n) is 3.14. The maximum absolute atomic E-state index is 9.76. The van der Waals surface area contributed by atoms with Crippen LogP contribution in [0.3, 0.4) is 0 Å². The predicted octanol–water partition coefficient (Wildman–Crippen LogP) is 1.50. The van der Waals surface area contributed by atoms with Crippen molar-refractivity contribution in [1.29, 1.82) is 0 Å². The van der Waals surface area contributed by atoms with Crippen molar-refractivity contribution in [1.82, 2.24) is 10.1 Å². The topological polar surface area (TPSA) is 94.4 Å². The Hall–Kier alpha value is -0.980. The number of nitrogens with two attached hydrogens (primary N) is 1. The zero-order valence-corrected chi connectivity index (χ0v) is 11.3. The van der Waals surface area contributed by atoms with Crippen LogP contribution in [0, 0.1) is 0 Å². The van der Waals surface area contributed by atoms with E-state index in [1.807, 2.05) is 20.8 Å². The van der Waals surface area contributed by atoms with Crippen LogP contribution in [0.2, 0.25) is 0 Å². The van der Waals surface area contributed by atoms with Gasteiger partial charge < -0.3 is 20.1 Å². The molecule has 104 valence electrons. The minimum absolute atomic E-state index is 0.210. The molecule has 3 N–H and O–H groups in total. The molecule has 1 atom stereocenters. The highest BCUT2D eigenvalue weighted by Gasteiger charge is 2.35. The fourth-order valence-corrected chi connectivity index (χ4v) is 1.95. The number of aliphatic hydroxyl groups excluding tert-OH is 1. The van der Waals surface area contributed by atoms with Crippen molar-refractivity contribution >= 4 is 0 Å². The summed E-state index contributed by atoms with van der Waals surface area (Å²) in [6, 6.07) is 0. The maximum atomic E-state index is 9.76. The molecule has 6 nitrogen and oxygen atoms in total. The summed E-state index contributed by atoms with van der Waals surface area (Å²) < 4.78 is 10.9. The number of hydrogen-bond acceptors (Lipinski definition) is 6. The van der Waals surface area contributed by atoms with Gasteiger partial charge in [-0.1, -0.05) is 19.0 Å². The van der Waals surface area contributed by atoms with E-state index in [0.717, 1.165) is 12.8 Å². The summed E-state index contributed by atoms with van der Waals surface area (Å²) in [7, 11) is 0. The summed E-state index contributed by atoms with van der Waals surface area (Å²) in [5, 5.41) is 13.7. The number of aromatic nitrogens is 2. The Balaban J connectivity index is 2.93. The fraction of sp³-hybridized carbons (Fsp3) is 0.833. The molecule has 6 heteroatoms. The first kappa shape index (κ1) is 15.1. The third kappa shape index (κ3) is 3.07. The van der Waals surface area contributed by atoms with Gasteiger partial charge in [0, 0.05) is 6.61 Å². The lowest BCUT2D eigenvalue weighted by Gasteiger charge is -2.27. The first-order valence-electron chi connectivity index (χ1n) is 6.49. The molecular formula is C12H23N3O3. The largest absolute Gasteiger partial charge is 0.383 e. The van der Waals surface area contributed by atoms with E-state index in [-0.39, 0.29) is 5.89 Å². The lowest BCUT2D eigenvalue weighted by atomic mass is 9.96. The zero-order chi connectivity index (χ0) is 13.6. The van der Waals surface area contributed by atoms with Gasteiger partial charge in [-0.2, -0.15) is 4.98 Å². The van der Waals surface area contributed by atoms with Gasteiger partial charge in [-0.15, -0.1) is 0 Å². The van der Waals surface area contributed by atoms with Gasteiger partial charge >= 0.3 is 0 Å². The summed E-state index contributed by atoms with van der Waals surface area (Å²) in [5.41, 5.74) is 4.86. The van der Waals surface area contributed by atoms with Crippen LogP contribution in [0.5, 0.6) is 0 Å². The van der Waals surface area contributed by atoms with Crippen molar-refractivity contribution in [3.8, 4) is 0 Å². The Bertz CT molecular complexity index is 350. The number of rotatable bonds is 8. The SMILES string of the molecule is CCOC(CC)(CC)c1noc(C(O)CCN)n1. The molecule has 0 saturated carbocycles. The van der Waals surface area contributed by atoms with Gasteiger partial charge in [-0.3, -0.25) is 0 Å². The molecule has 0 spiro atoms. The number of hydrogen-bond donors (Lipinski definition) is 2. The number of aliphatic hydroxyl groups is 1. The van der Waals surface area contributed by atoms with Gasteiger partial charge in [-0.05, 0) is 32.7 Å². The van der Waals surface area contributed by atoms with Crippen molar-refractivity contribution in [3.05, 3.63) is 11.7 Å². The molecule has 0 aliphatic rings. The third-order valence-corrected chi connectivity index (χ3v) is 3.14. The molecule has 1 aromatic rings. The normalized spacial score (nSPS) is 13.8. The predicted molar refractivity (Wildman–Crippen MR) is 66.8 cm³/mol. The highest BCUT2D eigenvalue weighted by atomic mass is 16.5. The molecule has 0 bridgehead atoms. The van der Waals surface area contributed by atoms with Crippen molar-refractivity contribution in [2.75, 3.05) is 13.2 Å². The van der Waals surface area contributed by atoms with E-state index >= 15 is 0 Å². The average Bonchev–Trinajstić information content (AvgIpc) is 2.86. The monoisotopic (exact) mass is 257 g/mol. The molecule has 0 radical (unpaired) electrons. The second-order valence-corrected chi connectivity index (χ2v) is 4.18. The van der Waals surface area contributed by atoms with Crippen LogP contribution in [-0.4, -0.2) is 28.4 Å². The van der Waals surface area contributed by atoms with Crippen LogP contribution in [0.1, 0.15) is 57.9 Å². The lowest BCUT2D eigenvalue weighted by molar-refractivity contribution is -0.0583. The van der Waals surface area contributed by atoms with Gasteiger partial charge in [0.2, 0.25) is 5.82 Å². The van der Waals surface area contributed by atoms with Crippen LogP contribution in [0.15, 0.2) is 4.52 Å². The van der Waals surface area contributed by atoms with Crippen molar-refractivity contribution in [2.24, 2.45) is 5.73 Å². The Kier molecular flexibility index (Phi) is 5.71. The highest BCUT2D eigenvalue weighted by Crippen LogP contribution is 2.31. The van der Waals surface area contributed by atoms with E-state index in [1.54, 1.807) is 0 Å². The molecule has 0 aliphatic heterocycles. The molecule has 0 fully saturated rings. The smallest absolute Gasteiger partial charge is 0.255 e. The molecule has 1 heterocycles. The van der Waals surface area contributed by atoms with Gasteiger partial charge in [0.25, 0.3) is 5.89 Å². The second-order valence-electron chi connectivity index (χ2n) is 4.18. The molecule has 1 rings (SSSR count). The molecular weight excluding hydrogens is 234 g/mol. The Labute approximate surface area is 108 Å². The van der Waals surface area contributed by atoms with Crippen LogP contribution in [0.4, 0.5) is 0 Å². The van der Waals surface area contributed by atoms with Gasteiger partial charge in [0.05, 0.1) is 0 Å². The lowest BCUT2D eigenvalue weighted by Crippen LogP contribution is -2.29. The van der Waals surface area contributed by atoms with Gasteiger partial charge in [0.15, 0.2) is 0 Å². The zero-order valence-electron chi connectivity index (χ0n) is 11.3. The Morgan fingerprint density at radius 3 is 2.56 bits per heavy atom. The second kappa shape index (κ2) is 6.82. The van der Waals surface area contributed by atoms with Crippen LogP contribution >= 0.6 is 0 Å². The van der Waals surface area contributed by atoms with E-state index in [1.165, 1.54) is 0 Å². The molecule has 0 amide bonds. The van der Waals surface area contributed by atoms with Gasteiger partial charge in [-0.25, -0.2) is 0 Å². The molecule has 0 aliphatic carbocycles. The summed E-state index contributed by atoms with van der Waals surface area (Å²) in [6.45, 7) is 6.93. The molecule has 18 heavy (non-hydrogen) atoms. The number of ether oxygens (including phenoxy) is 1. The Morgan fingerprint density at radius 2 is 2.06 bits per heavy atom. The molecule has 1 unspecified atom stereocenters. The summed E-state index contributed by atoms with van der Waals surface area (Å²) in [5.74, 6) is 0.710. The first-order chi connectivity index (χ1) is 8.63.